The molecule has 0 aromatic heterocycles. The minimum absolute atomic E-state index is 0.131. The topological polar surface area (TPSA) is 149 Å². The van der Waals surface area contributed by atoms with E-state index in [4.69, 9.17) is 9.47 Å². The van der Waals surface area contributed by atoms with E-state index in [-0.39, 0.29) is 12.5 Å². The van der Waals surface area contributed by atoms with Gasteiger partial charge in [-0.25, -0.2) is 0 Å². The highest BCUT2D eigenvalue weighted by molar-refractivity contribution is 5.76. The molecule has 1 saturated heterocycles. The number of amides is 1. The van der Waals surface area contributed by atoms with Crippen LogP contribution in [0.5, 0.6) is 0 Å². The molecule has 1 aliphatic heterocycles. The third-order valence-electron chi connectivity index (χ3n) is 18.1. The van der Waals surface area contributed by atoms with Crippen molar-refractivity contribution in [2.24, 2.45) is 0 Å². The van der Waals surface area contributed by atoms with Crippen LogP contribution < -0.4 is 5.32 Å². The molecule has 0 radical (unpaired) electrons. The summed E-state index contributed by atoms with van der Waals surface area (Å²) >= 11 is 0. The van der Waals surface area contributed by atoms with Crippen molar-refractivity contribution in [2.75, 3.05) is 13.2 Å². The fourth-order valence-electron chi connectivity index (χ4n) is 12.3. The van der Waals surface area contributed by atoms with Crippen LogP contribution in [0, 0.1) is 0 Å². The van der Waals surface area contributed by atoms with Gasteiger partial charge in [-0.15, -0.1) is 0 Å². The second-order valence-electron chi connectivity index (χ2n) is 26.1. The number of nitrogens with one attached hydrogen (secondary N) is 1. The quantitative estimate of drug-likeness (QED) is 0.0261. The molecule has 1 aliphatic rings. The molecule has 0 aromatic carbocycles. The van der Waals surface area contributed by atoms with E-state index in [9.17, 15) is 30.3 Å². The summed E-state index contributed by atoms with van der Waals surface area (Å²) < 4.78 is 11.4. The van der Waals surface area contributed by atoms with Crippen molar-refractivity contribution in [2.45, 2.75) is 436 Å². The summed E-state index contributed by atoms with van der Waals surface area (Å²) in [4.78, 5) is 13.2. The van der Waals surface area contributed by atoms with Gasteiger partial charge in [-0.1, -0.05) is 360 Å². The van der Waals surface area contributed by atoms with Crippen LogP contribution in [-0.2, 0) is 14.3 Å². The van der Waals surface area contributed by atoms with Gasteiger partial charge in [0.05, 0.1) is 25.4 Å². The predicted molar refractivity (Wildman–Crippen MR) is 351 cm³/mol. The molecule has 1 rings (SSSR count). The van der Waals surface area contributed by atoms with E-state index in [0.29, 0.717) is 12.8 Å². The minimum atomic E-state index is -1.55. The standard InChI is InChI=1S/C73H143NO8/c1-3-5-7-9-11-13-15-17-19-21-23-25-27-28-29-30-31-32-33-34-35-36-37-38-39-40-41-43-45-47-49-51-53-55-57-59-61-63-69(77)74-66(65-81-73-72(80)71(79)70(78)68(64-75)82-73)67(76)62-60-58-56-54-52-50-48-46-44-42-26-24-22-20-18-16-14-12-10-8-6-4-2/h21,23,66-68,70-73,75-76,78-80H,3-20,22,24-65H2,1-2H3,(H,74,77)/b23-21-. The van der Waals surface area contributed by atoms with Crippen molar-refractivity contribution >= 4 is 5.91 Å². The second kappa shape index (κ2) is 63.0. The number of rotatable bonds is 66. The molecule has 9 nitrogen and oxygen atoms in total. The third-order valence-corrected chi connectivity index (χ3v) is 18.1. The van der Waals surface area contributed by atoms with Crippen LogP contribution in [0.1, 0.15) is 393 Å². The van der Waals surface area contributed by atoms with Crippen molar-refractivity contribution in [3.05, 3.63) is 12.2 Å². The summed E-state index contributed by atoms with van der Waals surface area (Å²) in [5, 5.41) is 55.0. The van der Waals surface area contributed by atoms with Crippen LogP contribution in [0.15, 0.2) is 12.2 Å². The Morgan fingerprint density at radius 1 is 0.402 bits per heavy atom. The van der Waals surface area contributed by atoms with E-state index >= 15 is 0 Å². The maximum Gasteiger partial charge on any atom is 0.220 e. The molecule has 488 valence electrons. The zero-order valence-corrected chi connectivity index (χ0v) is 54.8. The molecule has 7 atom stereocenters. The van der Waals surface area contributed by atoms with E-state index in [0.717, 1.165) is 38.5 Å². The maximum absolute atomic E-state index is 13.2. The number of hydrogen-bond acceptors (Lipinski definition) is 8. The lowest BCUT2D eigenvalue weighted by atomic mass is 9.99. The van der Waals surface area contributed by atoms with E-state index in [2.05, 4.69) is 31.3 Å². The third kappa shape index (κ3) is 51.0. The number of aliphatic hydroxyl groups excluding tert-OH is 5. The van der Waals surface area contributed by atoms with Crippen LogP contribution in [0.3, 0.4) is 0 Å². The van der Waals surface area contributed by atoms with Gasteiger partial charge in [0, 0.05) is 6.42 Å². The van der Waals surface area contributed by atoms with Crippen molar-refractivity contribution in [3.63, 3.8) is 0 Å². The Morgan fingerprint density at radius 3 is 0.988 bits per heavy atom. The number of unbranched alkanes of at least 4 members (excludes halogenated alkanes) is 54. The minimum Gasteiger partial charge on any atom is -0.394 e. The molecular weight excluding hydrogens is 1020 g/mol. The Morgan fingerprint density at radius 2 is 0.683 bits per heavy atom. The lowest BCUT2D eigenvalue weighted by Crippen LogP contribution is -2.60. The number of allylic oxidation sites excluding steroid dienone is 2. The lowest BCUT2D eigenvalue weighted by molar-refractivity contribution is -0.302. The summed E-state index contributed by atoms with van der Waals surface area (Å²) in [6.07, 6.45) is 74.5. The molecule has 0 spiro atoms. The van der Waals surface area contributed by atoms with Gasteiger partial charge in [0.2, 0.25) is 5.91 Å². The Labute approximate surface area is 509 Å². The monoisotopic (exact) mass is 1160 g/mol. The van der Waals surface area contributed by atoms with E-state index in [1.807, 2.05) is 0 Å². The van der Waals surface area contributed by atoms with Gasteiger partial charge in [0.15, 0.2) is 6.29 Å². The molecule has 1 fully saturated rings. The van der Waals surface area contributed by atoms with Crippen molar-refractivity contribution in [3.8, 4) is 0 Å². The van der Waals surface area contributed by atoms with Gasteiger partial charge >= 0.3 is 0 Å². The van der Waals surface area contributed by atoms with Gasteiger partial charge in [0.25, 0.3) is 0 Å². The first-order valence-corrected chi connectivity index (χ1v) is 36.9. The van der Waals surface area contributed by atoms with Crippen LogP contribution >= 0.6 is 0 Å². The summed E-state index contributed by atoms with van der Waals surface area (Å²) in [6.45, 7) is 3.90. The SMILES string of the molecule is CCCCCCCCCC/C=C\CCCCCCCCCCCCCCCCCCCCCCCCCCCC(=O)NC(COC1OC(CO)C(O)C(O)C1O)C(O)CCCCCCCCCCCCCCCCCCCCCCCC. The molecular formula is C73H143NO8. The molecule has 9 heteroatoms. The molecule has 1 heterocycles. The summed E-state index contributed by atoms with van der Waals surface area (Å²) in [5.41, 5.74) is 0. The van der Waals surface area contributed by atoms with Crippen LogP contribution in [0.2, 0.25) is 0 Å². The highest BCUT2D eigenvalue weighted by atomic mass is 16.7. The number of hydrogen-bond donors (Lipinski definition) is 6. The van der Waals surface area contributed by atoms with Crippen LogP contribution in [-0.4, -0.2) is 87.5 Å². The van der Waals surface area contributed by atoms with Crippen LogP contribution in [0.25, 0.3) is 0 Å². The van der Waals surface area contributed by atoms with E-state index in [1.165, 1.54) is 327 Å². The highest BCUT2D eigenvalue weighted by Crippen LogP contribution is 2.24. The Hall–Kier alpha value is -1.07. The number of carbonyl (C=O) groups excluding carboxylic acids is 1. The predicted octanol–water partition coefficient (Wildman–Crippen LogP) is 20.3. The smallest absolute Gasteiger partial charge is 0.220 e. The van der Waals surface area contributed by atoms with Crippen molar-refractivity contribution in [1.82, 2.24) is 5.32 Å². The van der Waals surface area contributed by atoms with Gasteiger partial charge in [0.1, 0.15) is 24.4 Å². The first kappa shape index (κ1) is 78.9. The normalized spacial score (nSPS) is 18.3. The molecule has 0 saturated carbocycles. The highest BCUT2D eigenvalue weighted by Gasteiger charge is 2.44. The average Bonchev–Trinajstić information content (AvgIpc) is 3.59. The summed E-state index contributed by atoms with van der Waals surface area (Å²) in [7, 11) is 0. The summed E-state index contributed by atoms with van der Waals surface area (Å²) in [5.74, 6) is -0.134. The Balaban J connectivity index is 2.04. The van der Waals surface area contributed by atoms with Gasteiger partial charge in [-0.2, -0.15) is 0 Å². The first-order valence-electron chi connectivity index (χ1n) is 36.9. The average molecular weight is 1160 g/mol. The van der Waals surface area contributed by atoms with E-state index < -0.39 is 49.5 Å². The molecule has 6 N–H and O–H groups in total. The van der Waals surface area contributed by atoms with Crippen molar-refractivity contribution in [1.29, 1.82) is 0 Å². The first-order chi connectivity index (χ1) is 40.3. The number of carbonyl (C=O) groups is 1. The molecule has 0 aromatic rings. The zero-order valence-electron chi connectivity index (χ0n) is 54.8. The fraction of sp³-hybridized carbons (Fsp3) is 0.959. The molecule has 0 bridgehead atoms. The number of aliphatic hydroxyl groups is 5. The van der Waals surface area contributed by atoms with Crippen LogP contribution in [0.4, 0.5) is 0 Å². The van der Waals surface area contributed by atoms with Gasteiger partial charge < -0.3 is 40.3 Å². The number of ether oxygens (including phenoxy) is 2. The largest absolute Gasteiger partial charge is 0.394 e. The molecule has 7 unspecified atom stereocenters. The Kier molecular flexibility index (Phi) is 60.6. The molecule has 1 amide bonds. The maximum atomic E-state index is 13.2. The zero-order chi connectivity index (χ0) is 59.3. The molecule has 0 aliphatic carbocycles. The Bertz CT molecular complexity index is 1300. The van der Waals surface area contributed by atoms with E-state index in [1.54, 1.807) is 0 Å². The van der Waals surface area contributed by atoms with Gasteiger partial charge in [-0.3, -0.25) is 4.79 Å². The second-order valence-corrected chi connectivity index (χ2v) is 26.1. The summed E-state index contributed by atoms with van der Waals surface area (Å²) in [6, 6.07) is -0.716. The van der Waals surface area contributed by atoms with Crippen molar-refractivity contribution < 1.29 is 39.8 Å². The lowest BCUT2D eigenvalue weighted by Gasteiger charge is -2.40. The fourth-order valence-corrected chi connectivity index (χ4v) is 12.3. The van der Waals surface area contributed by atoms with Gasteiger partial charge in [-0.05, 0) is 38.5 Å². The molecule has 82 heavy (non-hydrogen) atoms.